The second-order valence-electron chi connectivity index (χ2n) is 2.02. The molecular formula is C6H7FN2O2S. The number of aromatic nitrogens is 1. The van der Waals surface area contributed by atoms with Crippen molar-refractivity contribution < 1.29 is 12.8 Å². The summed E-state index contributed by atoms with van der Waals surface area (Å²) >= 11 is 0. The van der Waals surface area contributed by atoms with Crippen LogP contribution in [-0.2, 0) is 10.0 Å². The summed E-state index contributed by atoms with van der Waals surface area (Å²) in [6, 6.07) is 2.14. The molecule has 0 saturated carbocycles. The number of nitrogens with zero attached hydrogens (tertiary/aromatic N) is 1. The van der Waals surface area contributed by atoms with Crippen LogP contribution in [-0.4, -0.2) is 20.4 Å². The molecule has 1 heterocycles. The number of hydrogen-bond donors (Lipinski definition) is 1. The molecule has 0 amide bonds. The number of sulfonamides is 1. The van der Waals surface area contributed by atoms with Crippen molar-refractivity contribution in [3.63, 3.8) is 0 Å². The van der Waals surface area contributed by atoms with E-state index in [0.717, 1.165) is 18.3 Å². The number of halogens is 1. The Hall–Kier alpha value is -1.01. The van der Waals surface area contributed by atoms with E-state index in [1.165, 1.54) is 7.05 Å². The molecule has 1 aromatic heterocycles. The van der Waals surface area contributed by atoms with Gasteiger partial charge in [0.1, 0.15) is 4.90 Å². The molecule has 4 nitrogen and oxygen atoms in total. The molecule has 1 rings (SSSR count). The maximum atomic E-state index is 12.3. The average Bonchev–Trinajstić information content (AvgIpc) is 2.05. The van der Waals surface area contributed by atoms with Crippen LogP contribution >= 0.6 is 0 Å². The SMILES string of the molecule is CNS(=O)(=O)c1ccc(F)nc1. The lowest BCUT2D eigenvalue weighted by molar-refractivity contribution is 0.574. The van der Waals surface area contributed by atoms with E-state index in [2.05, 4.69) is 9.71 Å². The molecule has 0 aromatic carbocycles. The Kier molecular flexibility index (Phi) is 2.39. The predicted molar refractivity (Wildman–Crippen MR) is 40.4 cm³/mol. The van der Waals surface area contributed by atoms with Crippen LogP contribution in [0.15, 0.2) is 23.2 Å². The first kappa shape index (κ1) is 9.08. The van der Waals surface area contributed by atoms with Crippen LogP contribution in [0, 0.1) is 5.95 Å². The Labute approximate surface area is 69.5 Å². The minimum atomic E-state index is -3.49. The Bertz CT molecular complexity index is 360. The van der Waals surface area contributed by atoms with Crippen LogP contribution < -0.4 is 4.72 Å². The number of pyridine rings is 1. The van der Waals surface area contributed by atoms with Gasteiger partial charge in [0.2, 0.25) is 16.0 Å². The van der Waals surface area contributed by atoms with Crippen molar-refractivity contribution in [1.82, 2.24) is 9.71 Å². The van der Waals surface area contributed by atoms with E-state index in [4.69, 9.17) is 0 Å². The third-order valence-corrected chi connectivity index (χ3v) is 2.68. The molecule has 0 aliphatic rings. The van der Waals surface area contributed by atoms with Crippen LogP contribution in [0.2, 0.25) is 0 Å². The van der Waals surface area contributed by atoms with Crippen molar-refractivity contribution in [2.45, 2.75) is 4.90 Å². The lowest BCUT2D eigenvalue weighted by Gasteiger charge is -1.99. The maximum absolute atomic E-state index is 12.3. The van der Waals surface area contributed by atoms with E-state index >= 15 is 0 Å². The van der Waals surface area contributed by atoms with Crippen LogP contribution in [0.3, 0.4) is 0 Å². The molecule has 0 aliphatic carbocycles. The van der Waals surface area contributed by atoms with Crippen LogP contribution in [0.25, 0.3) is 0 Å². The van der Waals surface area contributed by atoms with Gasteiger partial charge in [-0.05, 0) is 19.2 Å². The summed E-state index contributed by atoms with van der Waals surface area (Å²) in [5, 5.41) is 0. The fourth-order valence-corrected chi connectivity index (χ4v) is 1.31. The maximum Gasteiger partial charge on any atom is 0.241 e. The van der Waals surface area contributed by atoms with Gasteiger partial charge >= 0.3 is 0 Å². The zero-order valence-electron chi connectivity index (χ0n) is 6.28. The zero-order valence-corrected chi connectivity index (χ0v) is 7.10. The molecule has 0 radical (unpaired) electrons. The molecule has 0 unspecified atom stereocenters. The number of nitrogens with one attached hydrogen (secondary N) is 1. The van der Waals surface area contributed by atoms with E-state index in [0.29, 0.717) is 0 Å². The van der Waals surface area contributed by atoms with Crippen LogP contribution in [0.4, 0.5) is 4.39 Å². The quantitative estimate of drug-likeness (QED) is 0.674. The molecular weight excluding hydrogens is 183 g/mol. The lowest BCUT2D eigenvalue weighted by Crippen LogP contribution is -2.18. The second kappa shape index (κ2) is 3.16. The lowest BCUT2D eigenvalue weighted by atomic mass is 10.5. The van der Waals surface area contributed by atoms with Gasteiger partial charge in [-0.25, -0.2) is 18.1 Å². The van der Waals surface area contributed by atoms with Gasteiger partial charge in [0.05, 0.1) is 6.20 Å². The molecule has 12 heavy (non-hydrogen) atoms. The normalized spacial score (nSPS) is 11.5. The molecule has 0 bridgehead atoms. The molecule has 0 saturated heterocycles. The minimum Gasteiger partial charge on any atom is -0.227 e. The minimum absolute atomic E-state index is 0.0496. The van der Waals surface area contributed by atoms with Gasteiger partial charge in [-0.3, -0.25) is 0 Å². The highest BCUT2D eigenvalue weighted by Crippen LogP contribution is 2.05. The Morgan fingerprint density at radius 2 is 2.17 bits per heavy atom. The van der Waals surface area contributed by atoms with Crippen molar-refractivity contribution in [3.05, 3.63) is 24.3 Å². The molecule has 0 spiro atoms. The highest BCUT2D eigenvalue weighted by atomic mass is 32.2. The summed E-state index contributed by atoms with van der Waals surface area (Å²) < 4.78 is 36.4. The summed E-state index contributed by atoms with van der Waals surface area (Å²) in [6.45, 7) is 0. The number of hydrogen-bond acceptors (Lipinski definition) is 3. The van der Waals surface area contributed by atoms with E-state index in [9.17, 15) is 12.8 Å². The monoisotopic (exact) mass is 190 g/mol. The van der Waals surface area contributed by atoms with E-state index < -0.39 is 16.0 Å². The topological polar surface area (TPSA) is 59.1 Å². The molecule has 6 heteroatoms. The zero-order chi connectivity index (χ0) is 9.19. The Morgan fingerprint density at radius 1 is 1.50 bits per heavy atom. The van der Waals surface area contributed by atoms with Crippen molar-refractivity contribution in [2.24, 2.45) is 0 Å². The summed E-state index contributed by atoms with van der Waals surface area (Å²) in [5.74, 6) is -0.704. The van der Waals surface area contributed by atoms with Crippen molar-refractivity contribution in [1.29, 1.82) is 0 Å². The Morgan fingerprint density at radius 3 is 2.58 bits per heavy atom. The molecule has 0 atom stereocenters. The molecule has 1 aromatic rings. The predicted octanol–water partition coefficient (Wildman–Crippen LogP) is 0.129. The van der Waals surface area contributed by atoms with Gasteiger partial charge in [-0.1, -0.05) is 0 Å². The van der Waals surface area contributed by atoms with E-state index in [1.807, 2.05) is 0 Å². The van der Waals surface area contributed by atoms with Crippen molar-refractivity contribution >= 4 is 10.0 Å². The molecule has 0 aliphatic heterocycles. The molecule has 1 N–H and O–H groups in total. The molecule has 66 valence electrons. The van der Waals surface area contributed by atoms with Gasteiger partial charge < -0.3 is 0 Å². The van der Waals surface area contributed by atoms with Gasteiger partial charge in [-0.15, -0.1) is 0 Å². The first-order chi connectivity index (χ1) is 5.56. The number of rotatable bonds is 2. The van der Waals surface area contributed by atoms with Crippen LogP contribution in [0.5, 0.6) is 0 Å². The van der Waals surface area contributed by atoms with Gasteiger partial charge in [0.25, 0.3) is 0 Å². The van der Waals surface area contributed by atoms with Crippen molar-refractivity contribution in [2.75, 3.05) is 7.05 Å². The second-order valence-corrected chi connectivity index (χ2v) is 3.91. The van der Waals surface area contributed by atoms with Gasteiger partial charge in [0, 0.05) is 0 Å². The summed E-state index contributed by atoms with van der Waals surface area (Å²) in [7, 11) is -2.22. The van der Waals surface area contributed by atoms with Gasteiger partial charge in [-0.2, -0.15) is 4.39 Å². The third-order valence-electron chi connectivity index (χ3n) is 1.28. The first-order valence-electron chi connectivity index (χ1n) is 3.11. The highest BCUT2D eigenvalue weighted by molar-refractivity contribution is 7.89. The highest BCUT2D eigenvalue weighted by Gasteiger charge is 2.10. The summed E-state index contributed by atoms with van der Waals surface area (Å²) in [5.41, 5.74) is 0. The standard InChI is InChI=1S/C6H7FN2O2S/c1-8-12(10,11)5-2-3-6(7)9-4-5/h2-4,8H,1H3. The largest absolute Gasteiger partial charge is 0.241 e. The third kappa shape index (κ3) is 1.77. The van der Waals surface area contributed by atoms with E-state index in [-0.39, 0.29) is 4.90 Å². The average molecular weight is 190 g/mol. The summed E-state index contributed by atoms with van der Waals surface area (Å²) in [4.78, 5) is 3.16. The first-order valence-corrected chi connectivity index (χ1v) is 4.59. The van der Waals surface area contributed by atoms with E-state index in [1.54, 1.807) is 0 Å². The van der Waals surface area contributed by atoms with Crippen molar-refractivity contribution in [3.8, 4) is 0 Å². The fraction of sp³-hybridized carbons (Fsp3) is 0.167. The fourth-order valence-electron chi connectivity index (χ4n) is 0.639. The van der Waals surface area contributed by atoms with Gasteiger partial charge in [0.15, 0.2) is 0 Å². The van der Waals surface area contributed by atoms with Crippen LogP contribution in [0.1, 0.15) is 0 Å². The molecule has 0 fully saturated rings. The summed E-state index contributed by atoms with van der Waals surface area (Å²) in [6.07, 6.45) is 0.959. The Balaban J connectivity index is 3.14. The smallest absolute Gasteiger partial charge is 0.227 e.